The van der Waals surface area contributed by atoms with Gasteiger partial charge in [-0.25, -0.2) is 4.39 Å². The van der Waals surface area contributed by atoms with Crippen molar-refractivity contribution in [2.24, 2.45) is 0 Å². The van der Waals surface area contributed by atoms with E-state index in [1.54, 1.807) is 10.7 Å². The number of aryl methyl sites for hydroxylation is 1. The van der Waals surface area contributed by atoms with Gasteiger partial charge in [-0.3, -0.25) is 9.48 Å². The Hall–Kier alpha value is -2.66. The van der Waals surface area contributed by atoms with E-state index in [2.05, 4.69) is 10.4 Å². The molecule has 3 rings (SSSR count). The van der Waals surface area contributed by atoms with Crippen LogP contribution in [0, 0.1) is 12.7 Å². The van der Waals surface area contributed by atoms with E-state index in [-0.39, 0.29) is 11.7 Å². The molecule has 4 nitrogen and oxygen atoms in total. The van der Waals surface area contributed by atoms with Crippen molar-refractivity contribution in [3.05, 3.63) is 82.3 Å². The zero-order valence-electron chi connectivity index (χ0n) is 13.0. The first-order chi connectivity index (χ1) is 11.5. The van der Waals surface area contributed by atoms with Gasteiger partial charge in [-0.05, 0) is 48.9 Å². The van der Waals surface area contributed by atoms with Crippen LogP contribution in [0.2, 0.25) is 5.02 Å². The first kappa shape index (κ1) is 16.2. The van der Waals surface area contributed by atoms with Crippen molar-refractivity contribution in [1.82, 2.24) is 9.78 Å². The van der Waals surface area contributed by atoms with Gasteiger partial charge in [0.1, 0.15) is 5.82 Å². The Bertz CT molecular complexity index is 857. The van der Waals surface area contributed by atoms with Crippen molar-refractivity contribution in [2.45, 2.75) is 13.5 Å². The maximum Gasteiger partial charge on any atom is 0.256 e. The first-order valence-corrected chi connectivity index (χ1v) is 7.75. The van der Waals surface area contributed by atoms with Crippen LogP contribution in [0.15, 0.2) is 54.6 Å². The maximum atomic E-state index is 12.9. The Balaban J connectivity index is 1.72. The number of hydrogen-bond acceptors (Lipinski definition) is 2. The predicted octanol–water partition coefficient (Wildman–Crippen LogP) is 4.28. The number of benzene rings is 2. The molecule has 0 spiro atoms. The Morgan fingerprint density at radius 1 is 1.17 bits per heavy atom. The molecule has 0 radical (unpaired) electrons. The molecule has 0 atom stereocenters. The normalized spacial score (nSPS) is 10.6. The fourth-order valence-electron chi connectivity index (χ4n) is 2.28. The van der Waals surface area contributed by atoms with E-state index in [9.17, 15) is 9.18 Å². The summed E-state index contributed by atoms with van der Waals surface area (Å²) in [6, 6.07) is 14.7. The zero-order chi connectivity index (χ0) is 17.1. The van der Waals surface area contributed by atoms with Gasteiger partial charge in [0.25, 0.3) is 5.91 Å². The van der Waals surface area contributed by atoms with E-state index in [4.69, 9.17) is 11.6 Å². The highest BCUT2D eigenvalue weighted by molar-refractivity contribution is 6.30. The summed E-state index contributed by atoms with van der Waals surface area (Å²) in [7, 11) is 0. The summed E-state index contributed by atoms with van der Waals surface area (Å²) in [5.41, 5.74) is 2.35. The molecule has 0 unspecified atom stereocenters. The SMILES string of the molecule is Cc1cc(NC(=O)c2ccc(F)cc2)nn1Cc1ccc(Cl)cc1. The highest BCUT2D eigenvalue weighted by Gasteiger charge is 2.10. The fourth-order valence-corrected chi connectivity index (χ4v) is 2.41. The van der Waals surface area contributed by atoms with Crippen molar-refractivity contribution < 1.29 is 9.18 Å². The number of amides is 1. The van der Waals surface area contributed by atoms with Gasteiger partial charge in [0.05, 0.1) is 6.54 Å². The molecule has 0 saturated carbocycles. The van der Waals surface area contributed by atoms with Gasteiger partial charge in [0.2, 0.25) is 0 Å². The van der Waals surface area contributed by atoms with E-state index in [0.29, 0.717) is 22.9 Å². The van der Waals surface area contributed by atoms with E-state index in [1.165, 1.54) is 24.3 Å². The number of carbonyl (C=O) groups is 1. The topological polar surface area (TPSA) is 46.9 Å². The lowest BCUT2D eigenvalue weighted by Gasteiger charge is -2.05. The minimum Gasteiger partial charge on any atom is -0.305 e. The van der Waals surface area contributed by atoms with Crippen LogP contribution in [0.1, 0.15) is 21.6 Å². The lowest BCUT2D eigenvalue weighted by atomic mass is 10.2. The monoisotopic (exact) mass is 343 g/mol. The average Bonchev–Trinajstić information content (AvgIpc) is 2.89. The maximum absolute atomic E-state index is 12.9. The summed E-state index contributed by atoms with van der Waals surface area (Å²) in [5.74, 6) is -0.253. The molecule has 122 valence electrons. The second-order valence-electron chi connectivity index (χ2n) is 5.42. The number of nitrogens with one attached hydrogen (secondary N) is 1. The molecule has 6 heteroatoms. The molecule has 1 aromatic heterocycles. The fraction of sp³-hybridized carbons (Fsp3) is 0.111. The largest absolute Gasteiger partial charge is 0.305 e. The number of aromatic nitrogens is 2. The molecular weight excluding hydrogens is 329 g/mol. The number of anilines is 1. The van der Waals surface area contributed by atoms with Crippen LogP contribution in [-0.2, 0) is 6.54 Å². The van der Waals surface area contributed by atoms with Crippen LogP contribution in [0.5, 0.6) is 0 Å². The third kappa shape index (κ3) is 3.81. The molecule has 0 saturated heterocycles. The molecule has 0 fully saturated rings. The minimum absolute atomic E-state index is 0.328. The van der Waals surface area contributed by atoms with Gasteiger partial charge < -0.3 is 5.32 Å². The van der Waals surface area contributed by atoms with Crippen LogP contribution in [0.3, 0.4) is 0 Å². The van der Waals surface area contributed by atoms with Crippen molar-refractivity contribution in [3.63, 3.8) is 0 Å². The molecule has 0 bridgehead atoms. The van der Waals surface area contributed by atoms with Crippen molar-refractivity contribution in [3.8, 4) is 0 Å². The number of carbonyl (C=O) groups excluding carboxylic acids is 1. The number of rotatable bonds is 4. The van der Waals surface area contributed by atoms with Gasteiger partial charge in [-0.1, -0.05) is 23.7 Å². The summed E-state index contributed by atoms with van der Waals surface area (Å²) in [6.45, 7) is 2.49. The Morgan fingerprint density at radius 3 is 2.50 bits per heavy atom. The van der Waals surface area contributed by atoms with Crippen LogP contribution in [-0.4, -0.2) is 15.7 Å². The second-order valence-corrected chi connectivity index (χ2v) is 5.85. The molecule has 0 aliphatic heterocycles. The molecular formula is C18H15ClFN3O. The summed E-state index contributed by atoms with van der Waals surface area (Å²) in [5, 5.41) is 7.79. The van der Waals surface area contributed by atoms with Gasteiger partial charge >= 0.3 is 0 Å². The van der Waals surface area contributed by atoms with Crippen molar-refractivity contribution >= 4 is 23.3 Å². The van der Waals surface area contributed by atoms with Crippen LogP contribution in [0.25, 0.3) is 0 Å². The smallest absolute Gasteiger partial charge is 0.256 e. The second kappa shape index (κ2) is 6.84. The zero-order valence-corrected chi connectivity index (χ0v) is 13.7. The number of nitrogens with zero attached hydrogens (tertiary/aromatic N) is 2. The van der Waals surface area contributed by atoms with Gasteiger partial charge in [-0.2, -0.15) is 5.10 Å². The number of hydrogen-bond donors (Lipinski definition) is 1. The van der Waals surface area contributed by atoms with Gasteiger partial charge in [-0.15, -0.1) is 0 Å². The predicted molar refractivity (Wildman–Crippen MR) is 91.9 cm³/mol. The van der Waals surface area contributed by atoms with E-state index >= 15 is 0 Å². The highest BCUT2D eigenvalue weighted by Crippen LogP contribution is 2.15. The molecule has 0 aliphatic carbocycles. The first-order valence-electron chi connectivity index (χ1n) is 7.37. The van der Waals surface area contributed by atoms with Crippen LogP contribution < -0.4 is 5.32 Å². The molecule has 2 aromatic carbocycles. The quantitative estimate of drug-likeness (QED) is 0.768. The molecule has 0 aliphatic rings. The molecule has 1 heterocycles. The third-order valence-corrected chi connectivity index (χ3v) is 3.83. The van der Waals surface area contributed by atoms with Crippen LogP contribution in [0.4, 0.5) is 10.2 Å². The lowest BCUT2D eigenvalue weighted by Crippen LogP contribution is -2.13. The van der Waals surface area contributed by atoms with E-state index in [1.807, 2.05) is 31.2 Å². The Morgan fingerprint density at radius 2 is 1.83 bits per heavy atom. The summed E-state index contributed by atoms with van der Waals surface area (Å²) >= 11 is 5.88. The average molecular weight is 344 g/mol. The summed E-state index contributed by atoms with van der Waals surface area (Å²) in [6.07, 6.45) is 0. The molecule has 1 N–H and O–H groups in total. The summed E-state index contributed by atoms with van der Waals surface area (Å²) < 4.78 is 14.7. The van der Waals surface area contributed by atoms with E-state index in [0.717, 1.165) is 11.3 Å². The third-order valence-electron chi connectivity index (χ3n) is 3.57. The van der Waals surface area contributed by atoms with Crippen molar-refractivity contribution in [2.75, 3.05) is 5.32 Å². The molecule has 24 heavy (non-hydrogen) atoms. The summed E-state index contributed by atoms with van der Waals surface area (Å²) in [4.78, 5) is 12.1. The van der Waals surface area contributed by atoms with E-state index < -0.39 is 0 Å². The lowest BCUT2D eigenvalue weighted by molar-refractivity contribution is 0.102. The Labute approximate surface area is 143 Å². The van der Waals surface area contributed by atoms with Gasteiger partial charge in [0.15, 0.2) is 5.82 Å². The van der Waals surface area contributed by atoms with Crippen molar-refractivity contribution in [1.29, 1.82) is 0 Å². The highest BCUT2D eigenvalue weighted by atomic mass is 35.5. The minimum atomic E-state index is -0.380. The standard InChI is InChI=1S/C18H15ClFN3O/c1-12-10-17(21-18(24)14-4-8-16(20)9-5-14)22-23(12)11-13-2-6-15(19)7-3-13/h2-10H,11H2,1H3,(H,21,22,24). The number of halogens is 2. The molecule has 1 amide bonds. The molecule has 3 aromatic rings. The Kier molecular flexibility index (Phi) is 4.62. The van der Waals surface area contributed by atoms with Gasteiger partial charge in [0, 0.05) is 22.3 Å². The van der Waals surface area contributed by atoms with Crippen LogP contribution >= 0.6 is 11.6 Å².